The second kappa shape index (κ2) is 8.93. The van der Waals surface area contributed by atoms with Crippen LogP contribution in [-0.2, 0) is 10.0 Å². The van der Waals surface area contributed by atoms with Crippen LogP contribution in [0.4, 0.5) is 0 Å². The Kier molecular flexibility index (Phi) is 7.95. The van der Waals surface area contributed by atoms with Gasteiger partial charge in [0.05, 0.1) is 5.75 Å². The molecule has 19 heavy (non-hydrogen) atoms. The third-order valence-electron chi connectivity index (χ3n) is 3.59. The topological polar surface area (TPSA) is 49.4 Å². The largest absolute Gasteiger partial charge is 0.315 e. The van der Waals surface area contributed by atoms with Gasteiger partial charge >= 0.3 is 0 Å². The normalized spacial score (nSPS) is 19.3. The van der Waals surface area contributed by atoms with E-state index in [9.17, 15) is 8.42 Å². The molecule has 0 amide bonds. The Bertz CT molecular complexity index is 320. The first-order valence-electron chi connectivity index (χ1n) is 7.73. The lowest BCUT2D eigenvalue weighted by Crippen LogP contribution is -2.35. The van der Waals surface area contributed by atoms with Crippen molar-refractivity contribution in [1.82, 2.24) is 9.62 Å². The molecule has 1 aliphatic rings. The van der Waals surface area contributed by atoms with Crippen LogP contribution >= 0.6 is 0 Å². The fourth-order valence-corrected chi connectivity index (χ4v) is 4.07. The van der Waals surface area contributed by atoms with Gasteiger partial charge in [0.25, 0.3) is 0 Å². The van der Waals surface area contributed by atoms with E-state index in [2.05, 4.69) is 19.2 Å². The number of nitrogens with one attached hydrogen (secondary N) is 1. The van der Waals surface area contributed by atoms with Crippen LogP contribution in [0.2, 0.25) is 0 Å². The molecule has 0 bridgehead atoms. The maximum Gasteiger partial charge on any atom is 0.214 e. The van der Waals surface area contributed by atoms with E-state index in [1.807, 2.05) is 0 Å². The van der Waals surface area contributed by atoms with Crippen LogP contribution < -0.4 is 5.32 Å². The number of rotatable bonds is 7. The van der Waals surface area contributed by atoms with Gasteiger partial charge in [-0.3, -0.25) is 0 Å². The highest BCUT2D eigenvalue weighted by molar-refractivity contribution is 7.89. The summed E-state index contributed by atoms with van der Waals surface area (Å²) in [6, 6.07) is 0.478. The molecule has 1 saturated heterocycles. The predicted molar refractivity (Wildman–Crippen MR) is 80.8 cm³/mol. The molecular weight excluding hydrogens is 260 g/mol. The van der Waals surface area contributed by atoms with Crippen molar-refractivity contribution in [1.29, 1.82) is 0 Å². The summed E-state index contributed by atoms with van der Waals surface area (Å²) in [5.41, 5.74) is 0. The molecule has 1 N–H and O–H groups in total. The standard InChI is InChI=1S/C14H30N2O2S/c1-14(2)15-10-6-9-13-19(17,18)16-11-7-4-3-5-8-12-16/h14-15H,3-13H2,1-2H3. The van der Waals surface area contributed by atoms with E-state index in [-0.39, 0.29) is 0 Å². The van der Waals surface area contributed by atoms with Crippen molar-refractivity contribution >= 4 is 10.0 Å². The van der Waals surface area contributed by atoms with Gasteiger partial charge in [0.1, 0.15) is 0 Å². The molecule has 5 heteroatoms. The smallest absolute Gasteiger partial charge is 0.214 e. The van der Waals surface area contributed by atoms with Gasteiger partial charge in [-0.25, -0.2) is 12.7 Å². The third kappa shape index (κ3) is 7.28. The highest BCUT2D eigenvalue weighted by atomic mass is 32.2. The highest BCUT2D eigenvalue weighted by Gasteiger charge is 2.21. The molecule has 0 aromatic rings. The first-order valence-corrected chi connectivity index (χ1v) is 9.34. The summed E-state index contributed by atoms with van der Waals surface area (Å²) < 4.78 is 26.2. The van der Waals surface area contributed by atoms with E-state index in [0.717, 1.165) is 45.3 Å². The van der Waals surface area contributed by atoms with Crippen LogP contribution in [0.15, 0.2) is 0 Å². The Morgan fingerprint density at radius 1 is 1.00 bits per heavy atom. The van der Waals surface area contributed by atoms with Crippen molar-refractivity contribution in [3.63, 3.8) is 0 Å². The number of unbranched alkanes of at least 4 members (excludes halogenated alkanes) is 1. The van der Waals surface area contributed by atoms with Gasteiger partial charge in [0.2, 0.25) is 10.0 Å². The lowest BCUT2D eigenvalue weighted by Gasteiger charge is -2.24. The first-order chi connectivity index (χ1) is 9.02. The summed E-state index contributed by atoms with van der Waals surface area (Å²) in [6.45, 7) is 6.58. The van der Waals surface area contributed by atoms with Crippen LogP contribution in [0.3, 0.4) is 0 Å². The summed E-state index contributed by atoms with van der Waals surface area (Å²) in [5.74, 6) is 0.312. The molecule has 0 aromatic carbocycles. The number of hydrogen-bond acceptors (Lipinski definition) is 3. The van der Waals surface area contributed by atoms with E-state index in [1.54, 1.807) is 4.31 Å². The zero-order chi connectivity index (χ0) is 14.1. The van der Waals surface area contributed by atoms with E-state index >= 15 is 0 Å². The molecule has 0 atom stereocenters. The van der Waals surface area contributed by atoms with Gasteiger partial charge < -0.3 is 5.32 Å². The SMILES string of the molecule is CC(C)NCCCCS(=O)(=O)N1CCCCCCC1. The predicted octanol–water partition coefficient (Wildman–Crippen LogP) is 2.36. The molecule has 1 rings (SSSR count). The van der Waals surface area contributed by atoms with Crippen LogP contribution in [0.25, 0.3) is 0 Å². The van der Waals surface area contributed by atoms with Gasteiger partial charge in [0, 0.05) is 19.1 Å². The summed E-state index contributed by atoms with van der Waals surface area (Å²) in [5, 5.41) is 3.32. The number of hydrogen-bond donors (Lipinski definition) is 1. The minimum atomic E-state index is -3.02. The van der Waals surface area contributed by atoms with E-state index < -0.39 is 10.0 Å². The minimum Gasteiger partial charge on any atom is -0.315 e. The zero-order valence-electron chi connectivity index (χ0n) is 12.5. The zero-order valence-corrected chi connectivity index (χ0v) is 13.3. The van der Waals surface area contributed by atoms with Crippen LogP contribution in [0, 0.1) is 0 Å². The van der Waals surface area contributed by atoms with E-state index in [1.165, 1.54) is 19.3 Å². The van der Waals surface area contributed by atoms with Gasteiger partial charge in [-0.05, 0) is 32.2 Å². The van der Waals surface area contributed by atoms with Gasteiger partial charge in [-0.15, -0.1) is 0 Å². The molecule has 0 aliphatic carbocycles. The fourth-order valence-electron chi connectivity index (χ4n) is 2.43. The maximum atomic E-state index is 12.3. The molecule has 0 saturated carbocycles. The summed E-state index contributed by atoms with van der Waals surface area (Å²) in [4.78, 5) is 0. The average molecular weight is 290 g/mol. The summed E-state index contributed by atoms with van der Waals surface area (Å²) in [7, 11) is -3.02. The lowest BCUT2D eigenvalue weighted by atomic mass is 10.1. The van der Waals surface area contributed by atoms with Crippen molar-refractivity contribution in [3.05, 3.63) is 0 Å². The molecule has 1 fully saturated rings. The van der Waals surface area contributed by atoms with Gasteiger partial charge in [0.15, 0.2) is 0 Å². The maximum absolute atomic E-state index is 12.3. The third-order valence-corrected chi connectivity index (χ3v) is 5.55. The van der Waals surface area contributed by atoms with Crippen molar-refractivity contribution < 1.29 is 8.42 Å². The molecule has 114 valence electrons. The molecule has 1 heterocycles. The highest BCUT2D eigenvalue weighted by Crippen LogP contribution is 2.14. The Morgan fingerprint density at radius 2 is 1.58 bits per heavy atom. The van der Waals surface area contributed by atoms with Crippen molar-refractivity contribution in [2.24, 2.45) is 0 Å². The first kappa shape index (κ1) is 16.9. The Balaban J connectivity index is 2.28. The van der Waals surface area contributed by atoms with Crippen molar-refractivity contribution in [3.8, 4) is 0 Å². The average Bonchev–Trinajstić information content (AvgIpc) is 2.26. The second-order valence-electron chi connectivity index (χ2n) is 5.80. The molecule has 4 nitrogen and oxygen atoms in total. The second-order valence-corrected chi connectivity index (χ2v) is 7.89. The summed E-state index contributed by atoms with van der Waals surface area (Å²) >= 11 is 0. The van der Waals surface area contributed by atoms with Crippen molar-refractivity contribution in [2.45, 2.75) is 64.8 Å². The fraction of sp³-hybridized carbons (Fsp3) is 1.00. The quantitative estimate of drug-likeness (QED) is 0.732. The Hall–Kier alpha value is -0.130. The van der Waals surface area contributed by atoms with Gasteiger partial charge in [-0.1, -0.05) is 33.1 Å². The van der Waals surface area contributed by atoms with Crippen LogP contribution in [0.5, 0.6) is 0 Å². The van der Waals surface area contributed by atoms with Crippen molar-refractivity contribution in [2.75, 3.05) is 25.4 Å². The summed E-state index contributed by atoms with van der Waals surface area (Å²) in [6.07, 6.45) is 7.34. The van der Waals surface area contributed by atoms with Crippen LogP contribution in [0.1, 0.15) is 58.8 Å². The molecule has 0 aromatic heterocycles. The molecule has 0 radical (unpaired) electrons. The molecule has 0 spiro atoms. The Labute approximate surface area is 119 Å². The number of nitrogens with zero attached hydrogens (tertiary/aromatic N) is 1. The molecule has 0 unspecified atom stereocenters. The monoisotopic (exact) mass is 290 g/mol. The van der Waals surface area contributed by atoms with E-state index in [0.29, 0.717) is 11.8 Å². The van der Waals surface area contributed by atoms with E-state index in [4.69, 9.17) is 0 Å². The van der Waals surface area contributed by atoms with Crippen LogP contribution in [-0.4, -0.2) is 44.2 Å². The number of sulfonamides is 1. The molecular formula is C14H30N2O2S. The minimum absolute atomic E-state index is 0.312. The Morgan fingerprint density at radius 3 is 2.16 bits per heavy atom. The van der Waals surface area contributed by atoms with Gasteiger partial charge in [-0.2, -0.15) is 0 Å². The lowest BCUT2D eigenvalue weighted by molar-refractivity contribution is 0.363. The molecule has 1 aliphatic heterocycles.